The predicted octanol–water partition coefficient (Wildman–Crippen LogP) is 2.53. The van der Waals surface area contributed by atoms with Crippen molar-refractivity contribution in [3.8, 4) is 0 Å². The van der Waals surface area contributed by atoms with Crippen LogP contribution < -0.4 is 10.0 Å². The number of nitrogens with one attached hydrogen (secondary N) is 2. The number of amides is 1. The van der Waals surface area contributed by atoms with E-state index in [9.17, 15) is 22.0 Å². The van der Waals surface area contributed by atoms with Crippen LogP contribution in [0.4, 0.5) is 14.5 Å². The molecule has 1 amide bonds. The number of carbonyl (C=O) groups excluding carboxylic acids is 1. The monoisotopic (exact) mass is 384 g/mol. The topological polar surface area (TPSA) is 84.5 Å². The number of anilines is 1. The van der Waals surface area contributed by atoms with Crippen molar-refractivity contribution in [2.24, 2.45) is 0 Å². The number of hydrogen-bond donors (Lipinski definition) is 2. The van der Waals surface area contributed by atoms with Crippen LogP contribution in [0, 0.1) is 11.6 Å². The van der Waals surface area contributed by atoms with Crippen LogP contribution in [0.1, 0.15) is 16.8 Å². The van der Waals surface area contributed by atoms with Crippen LogP contribution in [0.5, 0.6) is 0 Å². The van der Waals surface area contributed by atoms with Crippen LogP contribution in [-0.2, 0) is 14.8 Å². The van der Waals surface area contributed by atoms with Gasteiger partial charge in [-0.05, 0) is 42.8 Å². The van der Waals surface area contributed by atoms with Gasteiger partial charge in [0.05, 0.1) is 4.90 Å². The van der Waals surface area contributed by atoms with Crippen molar-refractivity contribution in [3.63, 3.8) is 0 Å². The molecule has 0 fully saturated rings. The smallest absolute Gasteiger partial charge is 0.255 e. The largest absolute Gasteiger partial charge is 0.385 e. The summed E-state index contributed by atoms with van der Waals surface area (Å²) in [6.45, 7) is 0.667. The van der Waals surface area contributed by atoms with Crippen molar-refractivity contribution in [2.45, 2.75) is 11.3 Å². The van der Waals surface area contributed by atoms with Gasteiger partial charge >= 0.3 is 0 Å². The second-order valence-electron chi connectivity index (χ2n) is 5.35. The molecule has 0 aliphatic rings. The average molecular weight is 384 g/mol. The Hall–Kier alpha value is -2.36. The Kier molecular flexibility index (Phi) is 6.78. The molecule has 26 heavy (non-hydrogen) atoms. The number of methoxy groups -OCH3 is 1. The van der Waals surface area contributed by atoms with Gasteiger partial charge < -0.3 is 10.1 Å². The molecular weight excluding hydrogens is 366 g/mol. The highest BCUT2D eigenvalue weighted by Crippen LogP contribution is 2.15. The number of ether oxygens (including phenoxy) is 1. The lowest BCUT2D eigenvalue weighted by molar-refractivity contribution is 0.102. The van der Waals surface area contributed by atoms with Gasteiger partial charge in [-0.1, -0.05) is 0 Å². The van der Waals surface area contributed by atoms with Crippen LogP contribution in [0.15, 0.2) is 47.4 Å². The van der Waals surface area contributed by atoms with E-state index in [4.69, 9.17) is 4.74 Å². The number of halogens is 2. The van der Waals surface area contributed by atoms with Crippen molar-refractivity contribution in [3.05, 3.63) is 59.7 Å². The molecule has 2 aromatic rings. The summed E-state index contributed by atoms with van der Waals surface area (Å²) in [5, 5.41) is 2.41. The van der Waals surface area contributed by atoms with E-state index in [1.807, 2.05) is 0 Å². The molecule has 2 rings (SSSR count). The maximum absolute atomic E-state index is 13.2. The minimum absolute atomic E-state index is 0.0132. The summed E-state index contributed by atoms with van der Waals surface area (Å²) in [6, 6.07) is 8.22. The third-order valence-electron chi connectivity index (χ3n) is 3.42. The number of rotatable bonds is 8. The van der Waals surface area contributed by atoms with Crippen LogP contribution in [-0.4, -0.2) is 34.6 Å². The Morgan fingerprint density at radius 2 is 1.77 bits per heavy atom. The minimum atomic E-state index is -3.68. The normalized spacial score (nSPS) is 11.3. The first kappa shape index (κ1) is 20.0. The highest BCUT2D eigenvalue weighted by Gasteiger charge is 2.15. The van der Waals surface area contributed by atoms with E-state index in [1.54, 1.807) is 0 Å². The molecule has 6 nitrogen and oxygen atoms in total. The zero-order valence-electron chi connectivity index (χ0n) is 14.0. The second-order valence-corrected chi connectivity index (χ2v) is 7.12. The van der Waals surface area contributed by atoms with Crippen molar-refractivity contribution in [1.82, 2.24) is 4.72 Å². The van der Waals surface area contributed by atoms with Gasteiger partial charge in [0.15, 0.2) is 11.6 Å². The summed E-state index contributed by atoms with van der Waals surface area (Å²) in [5.41, 5.74) is 0.262. The summed E-state index contributed by atoms with van der Waals surface area (Å²) in [6.07, 6.45) is 0.532. The van der Waals surface area contributed by atoms with Gasteiger partial charge in [0.2, 0.25) is 10.0 Å². The van der Waals surface area contributed by atoms with Crippen molar-refractivity contribution in [2.75, 3.05) is 25.6 Å². The number of carbonyl (C=O) groups is 1. The van der Waals surface area contributed by atoms with Crippen molar-refractivity contribution in [1.29, 1.82) is 0 Å². The Labute approximate surface area is 150 Å². The van der Waals surface area contributed by atoms with Crippen molar-refractivity contribution < 1.29 is 26.7 Å². The second kappa shape index (κ2) is 8.84. The first-order chi connectivity index (χ1) is 12.3. The highest BCUT2D eigenvalue weighted by atomic mass is 32.2. The van der Waals surface area contributed by atoms with Gasteiger partial charge in [-0.15, -0.1) is 0 Å². The molecule has 0 spiro atoms. The fourth-order valence-corrected chi connectivity index (χ4v) is 3.14. The van der Waals surface area contributed by atoms with E-state index in [1.165, 1.54) is 37.4 Å². The minimum Gasteiger partial charge on any atom is -0.385 e. The highest BCUT2D eigenvalue weighted by molar-refractivity contribution is 7.89. The molecule has 140 valence electrons. The predicted molar refractivity (Wildman–Crippen MR) is 92.4 cm³/mol. The summed E-state index contributed by atoms with van der Waals surface area (Å²) in [5.74, 6) is -2.67. The number of sulfonamides is 1. The first-order valence-corrected chi connectivity index (χ1v) is 9.17. The third kappa shape index (κ3) is 5.32. The van der Waals surface area contributed by atoms with Gasteiger partial charge in [0.1, 0.15) is 0 Å². The molecule has 0 saturated heterocycles. The molecule has 0 heterocycles. The van der Waals surface area contributed by atoms with Gasteiger partial charge in [-0.25, -0.2) is 21.9 Å². The molecule has 2 N–H and O–H groups in total. The van der Waals surface area contributed by atoms with Gasteiger partial charge in [0.25, 0.3) is 5.91 Å². The van der Waals surface area contributed by atoms with Crippen LogP contribution in [0.25, 0.3) is 0 Å². The molecule has 0 radical (unpaired) electrons. The summed E-state index contributed by atoms with van der Waals surface area (Å²) in [4.78, 5) is 12.1. The molecule has 9 heteroatoms. The molecule has 0 aromatic heterocycles. The van der Waals surface area contributed by atoms with Gasteiger partial charge in [0, 0.05) is 37.6 Å². The molecule has 0 unspecified atom stereocenters. The molecule has 0 aliphatic carbocycles. The molecule has 0 aliphatic heterocycles. The fourth-order valence-electron chi connectivity index (χ4n) is 2.07. The van der Waals surface area contributed by atoms with E-state index in [2.05, 4.69) is 10.0 Å². The summed E-state index contributed by atoms with van der Waals surface area (Å²) >= 11 is 0. The lowest BCUT2D eigenvalue weighted by Crippen LogP contribution is -2.25. The molecule has 2 aromatic carbocycles. The van der Waals surface area contributed by atoms with E-state index in [0.29, 0.717) is 13.0 Å². The van der Waals surface area contributed by atoms with Crippen LogP contribution >= 0.6 is 0 Å². The van der Waals surface area contributed by atoms with E-state index in [-0.39, 0.29) is 22.7 Å². The maximum Gasteiger partial charge on any atom is 0.255 e. The lowest BCUT2D eigenvalue weighted by Gasteiger charge is -2.08. The van der Waals surface area contributed by atoms with E-state index < -0.39 is 27.6 Å². The SMILES string of the molecule is COCCCNS(=O)(=O)c1ccc(C(=O)Nc2ccc(F)c(F)c2)cc1. The molecule has 0 atom stereocenters. The lowest BCUT2D eigenvalue weighted by atomic mass is 10.2. The quantitative estimate of drug-likeness (QED) is 0.685. The first-order valence-electron chi connectivity index (χ1n) is 7.68. The maximum atomic E-state index is 13.2. The standard InChI is InChI=1S/C17H18F2N2O4S/c1-25-10-2-9-20-26(23,24)14-6-3-12(4-7-14)17(22)21-13-5-8-15(18)16(19)11-13/h3-8,11,20H,2,9-10H2,1H3,(H,21,22). The van der Waals surface area contributed by atoms with Crippen molar-refractivity contribution >= 4 is 21.6 Å². The van der Waals surface area contributed by atoms with E-state index in [0.717, 1.165) is 12.1 Å². The zero-order valence-corrected chi connectivity index (χ0v) is 14.8. The van der Waals surface area contributed by atoms with Gasteiger partial charge in [-0.2, -0.15) is 0 Å². The summed E-state index contributed by atoms with van der Waals surface area (Å²) in [7, 11) is -2.15. The Balaban J connectivity index is 2.03. The average Bonchev–Trinajstić information content (AvgIpc) is 2.62. The third-order valence-corrected chi connectivity index (χ3v) is 4.90. The summed E-state index contributed by atoms with van der Waals surface area (Å²) < 4.78 is 57.5. The Morgan fingerprint density at radius 1 is 1.08 bits per heavy atom. The Bertz CT molecular complexity index is 871. The van der Waals surface area contributed by atoms with Gasteiger partial charge in [-0.3, -0.25) is 4.79 Å². The molecule has 0 saturated carbocycles. The number of benzene rings is 2. The molecular formula is C17H18F2N2O4S. The number of hydrogen-bond acceptors (Lipinski definition) is 4. The molecule has 0 bridgehead atoms. The zero-order chi connectivity index (χ0) is 19.2. The van der Waals surface area contributed by atoms with Crippen LogP contribution in [0.3, 0.4) is 0 Å². The Morgan fingerprint density at radius 3 is 2.38 bits per heavy atom. The van der Waals surface area contributed by atoms with E-state index >= 15 is 0 Å². The fraction of sp³-hybridized carbons (Fsp3) is 0.235. The van der Waals surface area contributed by atoms with Crippen LogP contribution in [0.2, 0.25) is 0 Å².